The van der Waals surface area contributed by atoms with Crippen molar-refractivity contribution in [3.05, 3.63) is 24.3 Å². The van der Waals surface area contributed by atoms with Crippen LogP contribution in [0.1, 0.15) is 26.7 Å². The van der Waals surface area contributed by atoms with E-state index in [-0.39, 0.29) is 0 Å². The van der Waals surface area contributed by atoms with E-state index in [9.17, 15) is 194 Å². The average Bonchev–Trinajstić information content (AvgIpc) is 3.21. The quantitative estimate of drug-likeness (QED) is 0.0627. The van der Waals surface area contributed by atoms with Crippen LogP contribution in [0.4, 0.5) is 184 Å². The maximum Gasteiger partial charge on any atom is 0.438 e. The Balaban J connectivity index is 0. The molecule has 80 heavy (non-hydrogen) atoms. The first-order valence-corrected chi connectivity index (χ1v) is 18.3. The van der Waals surface area contributed by atoms with E-state index in [0.717, 1.165) is 13.8 Å². The van der Waals surface area contributed by atoms with Gasteiger partial charge in [-0.3, -0.25) is 0 Å². The molecule has 0 heterocycles. The van der Waals surface area contributed by atoms with E-state index in [4.69, 9.17) is 5.11 Å². The Morgan fingerprint density at radius 3 is 0.762 bits per heavy atom. The normalized spacial score (nSPS) is 16.2. The van der Waals surface area contributed by atoms with Crippen LogP contribution in [0, 0.1) is 0 Å². The summed E-state index contributed by atoms with van der Waals surface area (Å²) in [7, 11) is 0. The predicted molar refractivity (Wildman–Crippen MR) is 168 cm³/mol. The van der Waals surface area contributed by atoms with Gasteiger partial charge in [-0.1, -0.05) is 13.2 Å². The molecular weight excluding hydrogens is 1270 g/mol. The molecule has 0 aromatic rings. The number of aliphatic hydroxyl groups is 1. The van der Waals surface area contributed by atoms with Crippen molar-refractivity contribution < 1.29 is 209 Å². The van der Waals surface area contributed by atoms with Crippen molar-refractivity contribution in [2.45, 2.75) is 152 Å². The van der Waals surface area contributed by atoms with E-state index in [1.54, 1.807) is 0 Å². The molecular formula is C33H20F42O5. The molecule has 0 aliphatic heterocycles. The number of aliphatic hydroxyl groups excluding tert-OH is 1. The number of hydrogen-bond donors (Lipinski definition) is 1. The molecule has 1 unspecified atom stereocenters. The Hall–Kier alpha value is -4.56. The Morgan fingerprint density at radius 2 is 0.537 bits per heavy atom. The van der Waals surface area contributed by atoms with Gasteiger partial charge in [0, 0.05) is 17.6 Å². The standard InChI is InChI=1S/C17H9F23O2.C16H11F19O3/c1-5(2)6(41)42-4-3-7(18,19)9(21,22)11(25,26)13(29,30)15(33,34)14(31,32)12(27,28)10(23,24)8(20,16(35,36)37)17(38,39)40;1-5(2)7(37)38-4-6(36)3-8(17,18)10(20,21)12(24,25)14(28,29)13(26,27)11(22,23)9(19,15(30,31)32)16(33,34)35/h1,3-4H2,2H3;6,36H,1,3-4H2,2H3. The van der Waals surface area contributed by atoms with E-state index in [2.05, 4.69) is 22.6 Å². The van der Waals surface area contributed by atoms with Gasteiger partial charge in [0.1, 0.15) is 6.61 Å². The summed E-state index contributed by atoms with van der Waals surface area (Å²) >= 11 is 0. The zero-order chi connectivity index (χ0) is 66.1. The van der Waals surface area contributed by atoms with Gasteiger partial charge in [-0.15, -0.1) is 0 Å². The molecule has 0 aromatic carbocycles. The molecule has 0 aromatic heterocycles. The van der Waals surface area contributed by atoms with Crippen molar-refractivity contribution in [1.82, 2.24) is 0 Å². The van der Waals surface area contributed by atoms with Crippen LogP contribution in [0.5, 0.6) is 0 Å². The van der Waals surface area contributed by atoms with Crippen molar-refractivity contribution in [3.63, 3.8) is 0 Å². The molecule has 0 aliphatic rings. The van der Waals surface area contributed by atoms with Gasteiger partial charge in [0.25, 0.3) is 0 Å². The Labute approximate surface area is 410 Å². The highest BCUT2D eigenvalue weighted by atomic mass is 19.5. The average molecular weight is 1290 g/mol. The highest BCUT2D eigenvalue weighted by Gasteiger charge is 3.01. The van der Waals surface area contributed by atoms with E-state index in [0.29, 0.717) is 0 Å². The fourth-order valence-electron chi connectivity index (χ4n) is 4.83. The fourth-order valence-corrected chi connectivity index (χ4v) is 4.83. The van der Waals surface area contributed by atoms with Crippen molar-refractivity contribution in [1.29, 1.82) is 0 Å². The first kappa shape index (κ1) is 77.5. The van der Waals surface area contributed by atoms with E-state index in [1.165, 1.54) is 0 Å². The van der Waals surface area contributed by atoms with Gasteiger partial charge in [0.2, 0.25) is 0 Å². The molecule has 1 N–H and O–H groups in total. The van der Waals surface area contributed by atoms with Gasteiger partial charge < -0.3 is 14.6 Å². The van der Waals surface area contributed by atoms with Crippen LogP contribution in [0.25, 0.3) is 0 Å². The highest BCUT2D eigenvalue weighted by molar-refractivity contribution is 5.87. The summed E-state index contributed by atoms with van der Waals surface area (Å²) in [6, 6.07) is 0. The summed E-state index contributed by atoms with van der Waals surface area (Å²) in [5, 5.41) is 9.10. The van der Waals surface area contributed by atoms with Gasteiger partial charge >= 0.3 is 131 Å². The van der Waals surface area contributed by atoms with Crippen molar-refractivity contribution in [2.75, 3.05) is 13.2 Å². The van der Waals surface area contributed by atoms with Gasteiger partial charge in [-0.2, -0.15) is 176 Å². The third-order valence-corrected chi connectivity index (χ3v) is 9.53. The lowest BCUT2D eigenvalue weighted by Crippen LogP contribution is -2.79. The van der Waals surface area contributed by atoms with E-state index in [1.807, 2.05) is 0 Å². The Morgan fingerprint density at radius 1 is 0.338 bits per heavy atom. The fraction of sp³-hybridized carbons (Fsp3) is 0.818. The molecule has 0 fully saturated rings. The number of carbonyl (C=O) groups is 2. The van der Waals surface area contributed by atoms with Crippen LogP contribution >= 0.6 is 0 Å². The summed E-state index contributed by atoms with van der Waals surface area (Å²) in [6.07, 6.45) is -43.3. The van der Waals surface area contributed by atoms with Crippen LogP contribution in [-0.2, 0) is 19.1 Å². The SMILES string of the molecule is C=C(C)C(=O)OCC(O)CC(F)(F)C(F)(F)C(F)(F)C(F)(F)C(F)(F)C(F)(F)C(F)(C(F)(F)F)C(F)(F)F.C=C(C)C(=O)OCCC(F)(F)C(F)(F)C(F)(F)C(F)(F)C(F)(F)C(F)(F)C(F)(F)C(F)(F)C(F)(C(F)(F)F)C(F)(F)F. The van der Waals surface area contributed by atoms with E-state index >= 15 is 0 Å². The lowest BCUT2D eigenvalue weighted by atomic mass is 9.82. The number of rotatable bonds is 23. The third kappa shape index (κ3) is 11.6. The molecule has 5 nitrogen and oxygen atoms in total. The number of alkyl halides is 42. The molecule has 47 heteroatoms. The van der Waals surface area contributed by atoms with Crippen LogP contribution in [-0.4, -0.2) is 155 Å². The Bertz CT molecular complexity index is 2180. The molecule has 0 amide bonds. The van der Waals surface area contributed by atoms with Gasteiger partial charge in [-0.25, -0.2) is 18.4 Å². The third-order valence-electron chi connectivity index (χ3n) is 9.53. The number of carbonyl (C=O) groups excluding carboxylic acids is 2. The lowest BCUT2D eigenvalue weighted by molar-refractivity contribution is -0.481. The molecule has 0 bridgehead atoms. The van der Waals surface area contributed by atoms with Gasteiger partial charge in [0.05, 0.1) is 19.1 Å². The number of hydrogen-bond acceptors (Lipinski definition) is 5. The van der Waals surface area contributed by atoms with Crippen molar-refractivity contribution >= 4 is 11.9 Å². The predicted octanol–water partition coefficient (Wildman–Crippen LogP) is 14.9. The topological polar surface area (TPSA) is 72.8 Å². The minimum absolute atomic E-state index is 0.551. The van der Waals surface area contributed by atoms with Gasteiger partial charge in [0.15, 0.2) is 0 Å². The van der Waals surface area contributed by atoms with Crippen LogP contribution < -0.4 is 0 Å². The van der Waals surface area contributed by atoms with Crippen molar-refractivity contribution in [2.24, 2.45) is 0 Å². The molecule has 476 valence electrons. The molecule has 0 radical (unpaired) electrons. The summed E-state index contributed by atoms with van der Waals surface area (Å²) in [6.45, 7) is 3.24. The smallest absolute Gasteiger partial charge is 0.438 e. The summed E-state index contributed by atoms with van der Waals surface area (Å²) in [4.78, 5) is 21.9. The summed E-state index contributed by atoms with van der Waals surface area (Å²) in [5.41, 5.74) is -19.1. The second-order valence-corrected chi connectivity index (χ2v) is 15.5. The molecule has 0 saturated carbocycles. The second-order valence-electron chi connectivity index (χ2n) is 15.5. The first-order valence-electron chi connectivity index (χ1n) is 18.3. The minimum Gasteiger partial charge on any atom is -0.462 e. The maximum atomic E-state index is 13.7. The highest BCUT2D eigenvalue weighted by Crippen LogP contribution is 2.70. The minimum atomic E-state index is -9.51. The summed E-state index contributed by atoms with van der Waals surface area (Å²) in [5.74, 6) is -125. The maximum absolute atomic E-state index is 13.7. The first-order chi connectivity index (χ1) is 34.0. The van der Waals surface area contributed by atoms with Crippen LogP contribution in [0.2, 0.25) is 0 Å². The second kappa shape index (κ2) is 21.6. The van der Waals surface area contributed by atoms with Crippen LogP contribution in [0.15, 0.2) is 24.3 Å². The largest absolute Gasteiger partial charge is 0.462 e. The van der Waals surface area contributed by atoms with Crippen molar-refractivity contribution in [3.8, 4) is 0 Å². The number of esters is 2. The van der Waals surface area contributed by atoms with Crippen LogP contribution in [0.3, 0.4) is 0 Å². The van der Waals surface area contributed by atoms with E-state index < -0.39 is 174 Å². The molecule has 0 aliphatic carbocycles. The molecule has 1 atom stereocenters. The summed E-state index contributed by atoms with van der Waals surface area (Å²) < 4.78 is 565. The monoisotopic (exact) mass is 1290 g/mol. The molecule has 0 spiro atoms. The van der Waals surface area contributed by atoms with Gasteiger partial charge in [-0.05, 0) is 13.8 Å². The molecule has 0 rings (SSSR count). The number of ether oxygens (including phenoxy) is 2. The zero-order valence-electron chi connectivity index (χ0n) is 36.8. The number of halogens is 42. The Kier molecular flexibility index (Phi) is 20.9. The molecule has 0 saturated heterocycles. The zero-order valence-corrected chi connectivity index (χ0v) is 36.8. The lowest BCUT2D eigenvalue weighted by Gasteiger charge is -2.46.